The van der Waals surface area contributed by atoms with Gasteiger partial charge < -0.3 is 14.4 Å². The molecule has 2 aromatic rings. The van der Waals surface area contributed by atoms with Crippen LogP contribution in [-0.2, 0) is 10.2 Å². The lowest BCUT2D eigenvalue weighted by Gasteiger charge is -2.39. The van der Waals surface area contributed by atoms with Gasteiger partial charge >= 0.3 is 6.18 Å². The standard InChI is InChI=1S/C23H19F3N4O3S/c24-23(25,26)19-6-5-12(34-19)10-29-15-4-2-1-3-13(15)22(21(29)31)9-20(27)30(28)16-8-18-17(7-14(16)22)32-11-33-18/h1-5,7-8,19,27H,6,9-11,28H2. The van der Waals surface area contributed by atoms with E-state index in [2.05, 4.69) is 0 Å². The molecule has 0 aliphatic carbocycles. The molecule has 3 N–H and O–H groups in total. The number of fused-ring (bicyclic) bond motifs is 5. The normalized spacial score (nSPS) is 25.2. The Hall–Kier alpha value is -3.18. The Morgan fingerprint density at radius 1 is 1.15 bits per heavy atom. The molecule has 4 aliphatic rings. The molecule has 4 heterocycles. The third-order valence-corrected chi connectivity index (χ3v) is 8.07. The van der Waals surface area contributed by atoms with Gasteiger partial charge in [-0.05, 0) is 24.1 Å². The van der Waals surface area contributed by atoms with E-state index in [-0.39, 0.29) is 37.9 Å². The van der Waals surface area contributed by atoms with Crippen LogP contribution in [0.15, 0.2) is 47.4 Å². The Bertz CT molecular complexity index is 1280. The number of nitrogens with two attached hydrogens (primary N) is 1. The number of hydrogen-bond acceptors (Lipinski definition) is 6. The number of hydrogen-bond donors (Lipinski definition) is 2. The summed E-state index contributed by atoms with van der Waals surface area (Å²) in [5, 5.41) is 8.27. The van der Waals surface area contributed by atoms with Gasteiger partial charge in [-0.2, -0.15) is 13.2 Å². The summed E-state index contributed by atoms with van der Waals surface area (Å²) >= 11 is 0.754. The Morgan fingerprint density at radius 3 is 2.62 bits per heavy atom. The second-order valence-electron chi connectivity index (χ2n) is 8.58. The second-order valence-corrected chi connectivity index (χ2v) is 9.91. The van der Waals surface area contributed by atoms with Gasteiger partial charge in [0, 0.05) is 28.6 Å². The van der Waals surface area contributed by atoms with E-state index >= 15 is 0 Å². The molecule has 1 spiro atoms. The number of thioether (sulfide) groups is 1. The predicted molar refractivity (Wildman–Crippen MR) is 121 cm³/mol. The lowest BCUT2D eigenvalue weighted by molar-refractivity contribution is -0.127. The molecule has 2 aromatic carbocycles. The molecule has 11 heteroatoms. The largest absolute Gasteiger partial charge is 0.454 e. The van der Waals surface area contributed by atoms with Crippen LogP contribution in [0.5, 0.6) is 11.5 Å². The molecule has 0 aromatic heterocycles. The molecule has 0 bridgehead atoms. The van der Waals surface area contributed by atoms with Crippen molar-refractivity contribution >= 4 is 34.9 Å². The van der Waals surface area contributed by atoms with Crippen molar-refractivity contribution in [3.05, 3.63) is 58.5 Å². The van der Waals surface area contributed by atoms with Crippen molar-refractivity contribution in [2.45, 2.75) is 29.7 Å². The number of carbonyl (C=O) groups excluding carboxylic acids is 1. The molecular weight excluding hydrogens is 469 g/mol. The summed E-state index contributed by atoms with van der Waals surface area (Å²) in [7, 11) is 0. The van der Waals surface area contributed by atoms with Crippen molar-refractivity contribution in [2.75, 3.05) is 23.2 Å². The minimum Gasteiger partial charge on any atom is -0.454 e. The molecule has 0 saturated carbocycles. The van der Waals surface area contributed by atoms with Crippen LogP contribution in [0.25, 0.3) is 0 Å². The summed E-state index contributed by atoms with van der Waals surface area (Å²) in [6, 6.07) is 10.6. The van der Waals surface area contributed by atoms with Gasteiger partial charge in [0.2, 0.25) is 12.7 Å². The minimum absolute atomic E-state index is 0.0137. The average Bonchev–Trinajstić information content (AvgIpc) is 3.51. The molecule has 4 aliphatic heterocycles. The van der Waals surface area contributed by atoms with Crippen LogP contribution in [0.2, 0.25) is 0 Å². The second kappa shape index (κ2) is 7.16. The van der Waals surface area contributed by atoms with E-state index in [1.54, 1.807) is 30.3 Å². The first-order valence-corrected chi connectivity index (χ1v) is 11.5. The summed E-state index contributed by atoms with van der Waals surface area (Å²) < 4.78 is 50.6. The molecule has 34 heavy (non-hydrogen) atoms. The molecule has 6 rings (SSSR count). The van der Waals surface area contributed by atoms with Crippen LogP contribution < -0.4 is 25.2 Å². The SMILES string of the molecule is N=C1CC2(C(=O)N(CC3=CCC(C(F)(F)F)S3)c3ccccc32)c2cc3c(cc2N1N)OCO3. The fourth-order valence-corrected chi connectivity index (χ4v) is 6.23. The van der Waals surface area contributed by atoms with Crippen LogP contribution in [0.4, 0.5) is 24.5 Å². The number of ether oxygens (including phenoxy) is 2. The van der Waals surface area contributed by atoms with E-state index in [0.717, 1.165) is 11.8 Å². The number of benzene rings is 2. The Kier molecular flexibility index (Phi) is 4.50. The van der Waals surface area contributed by atoms with Crippen LogP contribution in [0.3, 0.4) is 0 Å². The van der Waals surface area contributed by atoms with Crippen LogP contribution in [0.1, 0.15) is 24.0 Å². The maximum Gasteiger partial charge on any atom is 0.401 e. The topological polar surface area (TPSA) is 91.9 Å². The number of alkyl halides is 3. The van der Waals surface area contributed by atoms with Crippen molar-refractivity contribution in [1.29, 1.82) is 5.41 Å². The molecule has 7 nitrogen and oxygen atoms in total. The van der Waals surface area contributed by atoms with E-state index in [0.29, 0.717) is 38.9 Å². The van der Waals surface area contributed by atoms with Crippen LogP contribution in [-0.4, -0.2) is 36.5 Å². The van der Waals surface area contributed by atoms with Gasteiger partial charge in [0.25, 0.3) is 0 Å². The molecule has 2 unspecified atom stereocenters. The maximum absolute atomic E-state index is 14.2. The fourth-order valence-electron chi connectivity index (χ4n) is 5.14. The van der Waals surface area contributed by atoms with Crippen molar-refractivity contribution in [2.24, 2.45) is 5.84 Å². The first-order valence-electron chi connectivity index (χ1n) is 10.6. The summed E-state index contributed by atoms with van der Waals surface area (Å²) in [5.74, 6) is 6.88. The van der Waals surface area contributed by atoms with Gasteiger partial charge in [0.15, 0.2) is 11.5 Å². The van der Waals surface area contributed by atoms with Gasteiger partial charge in [-0.15, -0.1) is 11.8 Å². The number of rotatable bonds is 2. The lowest BCUT2D eigenvalue weighted by atomic mass is 9.70. The van der Waals surface area contributed by atoms with Gasteiger partial charge in [0.05, 0.1) is 12.2 Å². The summed E-state index contributed by atoms with van der Waals surface area (Å²) in [4.78, 5) is 16.2. The number of carbonyl (C=O) groups is 1. The Labute approximate surface area is 196 Å². The summed E-state index contributed by atoms with van der Waals surface area (Å²) in [5.41, 5.74) is 1.10. The first kappa shape index (κ1) is 21.4. The van der Waals surface area contributed by atoms with E-state index in [1.807, 2.05) is 12.1 Å². The molecular formula is C23H19F3N4O3S. The number of nitrogens with one attached hydrogen (secondary N) is 1. The Balaban J connectivity index is 1.46. The van der Waals surface area contributed by atoms with E-state index in [9.17, 15) is 18.0 Å². The quantitative estimate of drug-likeness (QED) is 0.620. The molecule has 2 atom stereocenters. The van der Waals surface area contributed by atoms with E-state index < -0.39 is 16.8 Å². The fraction of sp³-hybridized carbons (Fsp3) is 0.304. The highest BCUT2D eigenvalue weighted by molar-refractivity contribution is 8.04. The third kappa shape index (κ3) is 2.89. The molecule has 0 radical (unpaired) electrons. The molecule has 176 valence electrons. The average molecular weight is 488 g/mol. The number of anilines is 2. The number of amides is 1. The van der Waals surface area contributed by atoms with E-state index in [4.69, 9.17) is 20.7 Å². The number of para-hydroxylation sites is 1. The third-order valence-electron chi connectivity index (χ3n) is 6.73. The highest BCUT2D eigenvalue weighted by Gasteiger charge is 2.57. The van der Waals surface area contributed by atoms with E-state index in [1.165, 1.54) is 9.91 Å². The highest BCUT2D eigenvalue weighted by Crippen LogP contribution is 2.56. The minimum atomic E-state index is -4.30. The van der Waals surface area contributed by atoms with Crippen LogP contribution in [0, 0.1) is 5.41 Å². The van der Waals surface area contributed by atoms with Gasteiger partial charge in [-0.1, -0.05) is 24.3 Å². The molecule has 0 fully saturated rings. The summed E-state index contributed by atoms with van der Waals surface area (Å²) in [6.07, 6.45) is -2.85. The zero-order valence-corrected chi connectivity index (χ0v) is 18.5. The van der Waals surface area contributed by atoms with Gasteiger partial charge in [-0.25, -0.2) is 5.84 Å². The maximum atomic E-state index is 14.2. The molecule has 1 amide bonds. The lowest BCUT2D eigenvalue weighted by Crippen LogP contribution is -2.52. The zero-order valence-electron chi connectivity index (χ0n) is 17.7. The number of halogens is 3. The van der Waals surface area contributed by atoms with Crippen molar-refractivity contribution in [3.8, 4) is 11.5 Å². The highest BCUT2D eigenvalue weighted by atomic mass is 32.2. The van der Waals surface area contributed by atoms with Crippen LogP contribution >= 0.6 is 11.8 Å². The number of nitrogens with zero attached hydrogens (tertiary/aromatic N) is 2. The molecule has 0 saturated heterocycles. The van der Waals surface area contributed by atoms with Gasteiger partial charge in [0.1, 0.15) is 16.5 Å². The van der Waals surface area contributed by atoms with Crippen molar-refractivity contribution in [1.82, 2.24) is 0 Å². The zero-order chi connectivity index (χ0) is 23.8. The number of allylic oxidation sites excluding steroid dienone is 1. The van der Waals surface area contributed by atoms with Crippen molar-refractivity contribution in [3.63, 3.8) is 0 Å². The number of amidine groups is 1. The monoisotopic (exact) mass is 488 g/mol. The summed E-state index contributed by atoms with van der Waals surface area (Å²) in [6.45, 7) is 0.0735. The first-order chi connectivity index (χ1) is 16.2. The smallest absolute Gasteiger partial charge is 0.401 e. The number of hydrazine groups is 1. The Morgan fingerprint density at radius 2 is 1.88 bits per heavy atom. The van der Waals surface area contributed by atoms with Crippen molar-refractivity contribution < 1.29 is 27.4 Å². The predicted octanol–water partition coefficient (Wildman–Crippen LogP) is 4.06. The van der Waals surface area contributed by atoms with Gasteiger partial charge in [-0.3, -0.25) is 15.2 Å².